The maximum absolute atomic E-state index is 12.7. The highest BCUT2D eigenvalue weighted by Crippen LogP contribution is 2.44. The molecule has 0 aromatic heterocycles. The van der Waals surface area contributed by atoms with E-state index in [1.807, 2.05) is 0 Å². The molecule has 1 aromatic rings. The lowest BCUT2D eigenvalue weighted by Crippen LogP contribution is -2.20. The van der Waals surface area contributed by atoms with Gasteiger partial charge in [0.2, 0.25) is 0 Å². The molecule has 0 saturated heterocycles. The van der Waals surface area contributed by atoms with E-state index in [0.29, 0.717) is 0 Å². The minimum Gasteiger partial charge on any atom is -0.479 e. The van der Waals surface area contributed by atoms with Gasteiger partial charge in [-0.1, -0.05) is 0 Å². The zero-order valence-electron chi connectivity index (χ0n) is 9.18. The van der Waals surface area contributed by atoms with Crippen LogP contribution in [0.5, 0.6) is 0 Å². The average molecular weight is 367 g/mol. The van der Waals surface area contributed by atoms with Gasteiger partial charge in [0, 0.05) is 10.0 Å². The van der Waals surface area contributed by atoms with Crippen molar-refractivity contribution in [3.05, 3.63) is 33.3 Å². The van der Waals surface area contributed by atoms with Crippen molar-refractivity contribution < 1.29 is 41.4 Å². The number of rotatable bonds is 2. The van der Waals surface area contributed by atoms with Crippen molar-refractivity contribution in [2.45, 2.75) is 18.5 Å². The lowest BCUT2D eigenvalue weighted by atomic mass is 9.98. The summed E-state index contributed by atoms with van der Waals surface area (Å²) in [6.07, 6.45) is -12.9. The molecule has 1 rings (SSSR count). The predicted molar refractivity (Wildman–Crippen MR) is 56.7 cm³/mol. The zero-order valence-corrected chi connectivity index (χ0v) is 10.8. The first-order valence-electron chi connectivity index (χ1n) is 4.75. The summed E-state index contributed by atoms with van der Waals surface area (Å²) in [5.74, 6) is -2.10. The molecule has 0 saturated carbocycles. The molecular weight excluding hydrogens is 362 g/mol. The number of hydrogen-bond donors (Lipinski definition) is 2. The molecule has 3 nitrogen and oxygen atoms in total. The summed E-state index contributed by atoms with van der Waals surface area (Å²) in [5, 5.41) is 17.7. The van der Waals surface area contributed by atoms with Gasteiger partial charge in [-0.2, -0.15) is 26.3 Å². The normalized spacial score (nSPS) is 14.2. The van der Waals surface area contributed by atoms with E-state index in [1.165, 1.54) is 0 Å². The van der Waals surface area contributed by atoms with Crippen LogP contribution >= 0.6 is 15.9 Å². The van der Waals surface area contributed by atoms with Crippen LogP contribution in [0.15, 0.2) is 16.6 Å². The Morgan fingerprint density at radius 2 is 1.45 bits per heavy atom. The minimum atomic E-state index is -5.11. The summed E-state index contributed by atoms with van der Waals surface area (Å²) < 4.78 is 74.6. The standard InChI is InChI=1S/C10H5BrF6O3/c11-6-4(10(15,16)17)2-1-3(9(12,13)14)5(6)7(18)8(19)20/h1-2,7,18H,(H,19,20). The largest absolute Gasteiger partial charge is 0.479 e. The molecule has 2 N–H and O–H groups in total. The fraction of sp³-hybridized carbons (Fsp3) is 0.300. The van der Waals surface area contributed by atoms with E-state index in [4.69, 9.17) is 5.11 Å². The monoisotopic (exact) mass is 366 g/mol. The summed E-state index contributed by atoms with van der Waals surface area (Å²) in [6.45, 7) is 0. The lowest BCUT2D eigenvalue weighted by Gasteiger charge is -2.20. The molecule has 10 heteroatoms. The Labute approximate surface area is 116 Å². The first-order chi connectivity index (χ1) is 8.87. The van der Waals surface area contributed by atoms with Crippen LogP contribution in [0.2, 0.25) is 0 Å². The molecule has 0 heterocycles. The van der Waals surface area contributed by atoms with Crippen LogP contribution in [-0.4, -0.2) is 16.2 Å². The van der Waals surface area contributed by atoms with Crippen molar-refractivity contribution in [3.63, 3.8) is 0 Å². The van der Waals surface area contributed by atoms with Crippen LogP contribution in [0.25, 0.3) is 0 Å². The molecule has 0 fully saturated rings. The number of halogens is 7. The van der Waals surface area contributed by atoms with E-state index in [9.17, 15) is 36.2 Å². The van der Waals surface area contributed by atoms with Gasteiger partial charge < -0.3 is 10.2 Å². The smallest absolute Gasteiger partial charge is 0.417 e. The Balaban J connectivity index is 3.68. The maximum atomic E-state index is 12.7. The fourth-order valence-electron chi connectivity index (χ4n) is 1.45. The number of carboxylic acids is 1. The first kappa shape index (κ1) is 16.8. The van der Waals surface area contributed by atoms with Gasteiger partial charge in [-0.05, 0) is 28.1 Å². The molecular formula is C10H5BrF6O3. The van der Waals surface area contributed by atoms with Crippen LogP contribution in [0.3, 0.4) is 0 Å². The molecule has 0 aliphatic heterocycles. The van der Waals surface area contributed by atoms with Gasteiger partial charge in [-0.15, -0.1) is 0 Å². The maximum Gasteiger partial charge on any atom is 0.417 e. The van der Waals surface area contributed by atoms with Crippen LogP contribution in [-0.2, 0) is 17.1 Å². The summed E-state index contributed by atoms with van der Waals surface area (Å²) in [7, 11) is 0. The van der Waals surface area contributed by atoms with E-state index in [0.717, 1.165) is 0 Å². The molecule has 0 amide bonds. The van der Waals surface area contributed by atoms with E-state index in [-0.39, 0.29) is 12.1 Å². The third-order valence-corrected chi connectivity index (χ3v) is 3.15. The summed E-state index contributed by atoms with van der Waals surface area (Å²) in [6, 6.07) is 0.236. The predicted octanol–water partition coefficient (Wildman–Crippen LogP) is 3.60. The number of carboxylic acid groups (broad SMARTS) is 1. The highest BCUT2D eigenvalue weighted by Gasteiger charge is 2.42. The first-order valence-corrected chi connectivity index (χ1v) is 5.54. The Kier molecular flexibility index (Phi) is 4.39. The number of aliphatic hydroxyl groups is 1. The van der Waals surface area contributed by atoms with Gasteiger partial charge in [0.15, 0.2) is 6.10 Å². The molecule has 0 bridgehead atoms. The van der Waals surface area contributed by atoms with Crippen molar-refractivity contribution in [3.8, 4) is 0 Å². The third kappa shape index (κ3) is 3.23. The fourth-order valence-corrected chi connectivity index (χ4v) is 2.24. The lowest BCUT2D eigenvalue weighted by molar-refractivity contribution is -0.150. The van der Waals surface area contributed by atoms with E-state index < -0.39 is 45.6 Å². The van der Waals surface area contributed by atoms with E-state index >= 15 is 0 Å². The molecule has 20 heavy (non-hydrogen) atoms. The highest BCUT2D eigenvalue weighted by molar-refractivity contribution is 9.10. The third-order valence-electron chi connectivity index (χ3n) is 2.30. The molecule has 1 atom stereocenters. The Bertz CT molecular complexity index is 537. The number of carbonyl (C=O) groups is 1. The zero-order chi connectivity index (χ0) is 15.9. The summed E-state index contributed by atoms with van der Waals surface area (Å²) >= 11 is 2.29. The van der Waals surface area contributed by atoms with Crippen molar-refractivity contribution in [2.75, 3.05) is 0 Å². The van der Waals surface area contributed by atoms with Gasteiger partial charge in [0.25, 0.3) is 0 Å². The van der Waals surface area contributed by atoms with Crippen molar-refractivity contribution in [1.82, 2.24) is 0 Å². The molecule has 0 spiro atoms. The number of aliphatic hydroxyl groups excluding tert-OH is 1. The number of hydrogen-bond acceptors (Lipinski definition) is 2. The molecule has 0 radical (unpaired) electrons. The summed E-state index contributed by atoms with van der Waals surface area (Å²) in [4.78, 5) is 10.6. The number of benzene rings is 1. The summed E-state index contributed by atoms with van der Waals surface area (Å²) in [5.41, 5.74) is -4.56. The Hall–Kier alpha value is -1.29. The topological polar surface area (TPSA) is 57.5 Å². The van der Waals surface area contributed by atoms with E-state index in [2.05, 4.69) is 15.9 Å². The second kappa shape index (κ2) is 5.24. The number of aliphatic carboxylic acids is 1. The second-order valence-corrected chi connectivity index (χ2v) is 4.42. The number of alkyl halides is 6. The van der Waals surface area contributed by atoms with Crippen LogP contribution in [0.4, 0.5) is 26.3 Å². The molecule has 1 unspecified atom stereocenters. The van der Waals surface area contributed by atoms with Gasteiger partial charge in [-0.3, -0.25) is 0 Å². The van der Waals surface area contributed by atoms with Gasteiger partial charge in [0.05, 0.1) is 11.1 Å². The van der Waals surface area contributed by atoms with E-state index in [1.54, 1.807) is 0 Å². The van der Waals surface area contributed by atoms with Crippen LogP contribution < -0.4 is 0 Å². The average Bonchev–Trinajstić information content (AvgIpc) is 2.24. The molecule has 0 aliphatic rings. The van der Waals surface area contributed by atoms with Gasteiger partial charge >= 0.3 is 18.3 Å². The SMILES string of the molecule is O=C(O)C(O)c1c(C(F)(F)F)ccc(C(F)(F)F)c1Br. The highest BCUT2D eigenvalue weighted by atomic mass is 79.9. The Morgan fingerprint density at radius 1 is 1.05 bits per heavy atom. The van der Waals surface area contributed by atoms with Crippen molar-refractivity contribution in [1.29, 1.82) is 0 Å². The molecule has 112 valence electrons. The van der Waals surface area contributed by atoms with Crippen LogP contribution in [0, 0.1) is 0 Å². The minimum absolute atomic E-state index is 0.0784. The quantitative estimate of drug-likeness (QED) is 0.786. The van der Waals surface area contributed by atoms with Gasteiger partial charge in [-0.25, -0.2) is 4.79 Å². The van der Waals surface area contributed by atoms with Crippen molar-refractivity contribution >= 4 is 21.9 Å². The Morgan fingerprint density at radius 3 is 1.80 bits per heavy atom. The van der Waals surface area contributed by atoms with Crippen LogP contribution in [0.1, 0.15) is 22.8 Å². The molecule has 1 aromatic carbocycles. The van der Waals surface area contributed by atoms with Crippen molar-refractivity contribution in [2.24, 2.45) is 0 Å². The van der Waals surface area contributed by atoms with Gasteiger partial charge in [0.1, 0.15) is 0 Å². The second-order valence-electron chi connectivity index (χ2n) is 3.62. The molecule has 0 aliphatic carbocycles.